The molecular formula is C17H16F3N7O3. The summed E-state index contributed by atoms with van der Waals surface area (Å²) in [5, 5.41) is 2.39. The fourth-order valence-electron chi connectivity index (χ4n) is 2.26. The maximum absolute atomic E-state index is 13.3. The van der Waals surface area contributed by atoms with Crippen molar-refractivity contribution in [3.8, 4) is 17.5 Å². The average molecular weight is 423 g/mol. The molecule has 0 fully saturated rings. The standard InChI is InChI=1S/C17H16F3N7O3/c1-27-9-21-8-12(27)14-25-11(5-13(26-14)17(18,19)20)15(28)24-10-6-22-16(23-7-10)30-4-3-29-2/h5-9H,3-4H2,1-2H3,(H,24,28). The zero-order chi connectivity index (χ0) is 21.7. The first-order valence-electron chi connectivity index (χ1n) is 8.46. The van der Waals surface area contributed by atoms with E-state index in [1.54, 1.807) is 7.05 Å². The molecule has 3 aromatic rings. The molecule has 0 aliphatic heterocycles. The number of halogens is 3. The normalized spacial score (nSPS) is 11.4. The molecule has 0 aliphatic rings. The van der Waals surface area contributed by atoms with E-state index >= 15 is 0 Å². The van der Waals surface area contributed by atoms with Crippen molar-refractivity contribution in [3.05, 3.63) is 42.4 Å². The van der Waals surface area contributed by atoms with Crippen molar-refractivity contribution in [2.75, 3.05) is 25.6 Å². The molecular weight excluding hydrogens is 407 g/mol. The molecule has 0 unspecified atom stereocenters. The molecule has 0 radical (unpaired) electrons. The van der Waals surface area contributed by atoms with Crippen molar-refractivity contribution in [1.29, 1.82) is 0 Å². The van der Waals surface area contributed by atoms with E-state index in [1.165, 1.54) is 36.6 Å². The second-order valence-corrected chi connectivity index (χ2v) is 5.90. The number of carbonyl (C=O) groups is 1. The van der Waals surface area contributed by atoms with Gasteiger partial charge in [0.15, 0.2) is 5.82 Å². The number of ether oxygens (including phenoxy) is 2. The van der Waals surface area contributed by atoms with Gasteiger partial charge in [0.05, 0.1) is 37.2 Å². The van der Waals surface area contributed by atoms with Gasteiger partial charge >= 0.3 is 12.2 Å². The van der Waals surface area contributed by atoms with Gasteiger partial charge in [0.1, 0.15) is 23.7 Å². The second kappa shape index (κ2) is 8.82. The van der Waals surface area contributed by atoms with Crippen LogP contribution in [0.4, 0.5) is 18.9 Å². The van der Waals surface area contributed by atoms with Gasteiger partial charge in [-0.3, -0.25) is 4.79 Å². The molecule has 3 rings (SSSR count). The lowest BCUT2D eigenvalue weighted by Gasteiger charge is -2.11. The van der Waals surface area contributed by atoms with E-state index in [2.05, 4.69) is 30.2 Å². The lowest BCUT2D eigenvalue weighted by atomic mass is 10.2. The third-order valence-electron chi connectivity index (χ3n) is 3.70. The van der Waals surface area contributed by atoms with Gasteiger partial charge in [0, 0.05) is 20.2 Å². The highest BCUT2D eigenvalue weighted by atomic mass is 19.4. The SMILES string of the molecule is COCCOc1ncc(NC(=O)c2cc(C(F)(F)F)nc(-c3cncn3C)n2)cn1. The highest BCUT2D eigenvalue weighted by Crippen LogP contribution is 2.29. The fraction of sp³-hybridized carbons (Fsp3) is 0.294. The van der Waals surface area contributed by atoms with Crippen LogP contribution in [0.25, 0.3) is 11.5 Å². The Kier molecular flexibility index (Phi) is 6.20. The smallest absolute Gasteiger partial charge is 0.433 e. The van der Waals surface area contributed by atoms with Crippen molar-refractivity contribution in [2.45, 2.75) is 6.18 Å². The highest BCUT2D eigenvalue weighted by Gasteiger charge is 2.34. The van der Waals surface area contributed by atoms with E-state index in [-0.39, 0.29) is 29.8 Å². The number of imidazole rings is 1. The number of nitrogens with one attached hydrogen (secondary N) is 1. The predicted octanol–water partition coefficient (Wildman–Crippen LogP) is 1.96. The molecule has 13 heteroatoms. The van der Waals surface area contributed by atoms with Gasteiger partial charge in [-0.05, 0) is 0 Å². The van der Waals surface area contributed by atoms with Crippen LogP contribution < -0.4 is 10.1 Å². The fourth-order valence-corrected chi connectivity index (χ4v) is 2.26. The number of hydrogen-bond donors (Lipinski definition) is 1. The molecule has 0 bridgehead atoms. The Labute approximate surface area is 168 Å². The predicted molar refractivity (Wildman–Crippen MR) is 96.6 cm³/mol. The lowest BCUT2D eigenvalue weighted by molar-refractivity contribution is -0.141. The summed E-state index contributed by atoms with van der Waals surface area (Å²) in [6, 6.07) is 0.628. The van der Waals surface area contributed by atoms with Crippen LogP contribution in [0.2, 0.25) is 0 Å². The van der Waals surface area contributed by atoms with Crippen LogP contribution in [-0.4, -0.2) is 55.7 Å². The number of aryl methyl sites for hydroxylation is 1. The Morgan fingerprint density at radius 2 is 1.90 bits per heavy atom. The molecule has 0 spiro atoms. The summed E-state index contributed by atoms with van der Waals surface area (Å²) in [5.74, 6) is -1.17. The first kappa shape index (κ1) is 21.1. The van der Waals surface area contributed by atoms with E-state index < -0.39 is 23.5 Å². The molecule has 30 heavy (non-hydrogen) atoms. The van der Waals surface area contributed by atoms with Crippen LogP contribution in [0.1, 0.15) is 16.2 Å². The van der Waals surface area contributed by atoms with Crippen LogP contribution in [0.3, 0.4) is 0 Å². The topological polar surface area (TPSA) is 117 Å². The number of methoxy groups -OCH3 is 1. The van der Waals surface area contributed by atoms with Crippen LogP contribution in [0, 0.1) is 0 Å². The summed E-state index contributed by atoms with van der Waals surface area (Å²) in [5.41, 5.74) is -1.37. The zero-order valence-electron chi connectivity index (χ0n) is 15.8. The van der Waals surface area contributed by atoms with Crippen molar-refractivity contribution < 1.29 is 27.4 Å². The number of rotatable bonds is 7. The third kappa shape index (κ3) is 5.05. The Morgan fingerprint density at radius 3 is 2.50 bits per heavy atom. The summed E-state index contributed by atoms with van der Waals surface area (Å²) in [4.78, 5) is 31.6. The molecule has 3 aromatic heterocycles. The van der Waals surface area contributed by atoms with Crippen molar-refractivity contribution >= 4 is 11.6 Å². The van der Waals surface area contributed by atoms with Gasteiger partial charge in [-0.25, -0.2) is 24.9 Å². The monoisotopic (exact) mass is 423 g/mol. The second-order valence-electron chi connectivity index (χ2n) is 5.90. The van der Waals surface area contributed by atoms with E-state index in [0.717, 1.165) is 0 Å². The van der Waals surface area contributed by atoms with E-state index in [1.807, 2.05) is 0 Å². The van der Waals surface area contributed by atoms with Gasteiger partial charge in [-0.2, -0.15) is 13.2 Å². The number of aromatic nitrogens is 6. The van der Waals surface area contributed by atoms with Crippen LogP contribution in [0.15, 0.2) is 31.0 Å². The molecule has 158 valence electrons. The Hall–Kier alpha value is -3.61. The van der Waals surface area contributed by atoms with Gasteiger partial charge < -0.3 is 19.4 Å². The number of anilines is 1. The summed E-state index contributed by atoms with van der Waals surface area (Å²) >= 11 is 0. The van der Waals surface area contributed by atoms with Crippen molar-refractivity contribution in [1.82, 2.24) is 29.5 Å². The quantitative estimate of drug-likeness (QED) is 0.573. The Bertz CT molecular complexity index is 1020. The maximum atomic E-state index is 13.3. The molecule has 0 saturated carbocycles. The summed E-state index contributed by atoms with van der Waals surface area (Å²) in [7, 11) is 3.08. The van der Waals surface area contributed by atoms with Gasteiger partial charge in [-0.1, -0.05) is 0 Å². The minimum absolute atomic E-state index is 0.0601. The summed E-state index contributed by atoms with van der Waals surface area (Å²) in [6.45, 7) is 0.580. The van der Waals surface area contributed by atoms with Crippen molar-refractivity contribution in [3.63, 3.8) is 0 Å². The minimum atomic E-state index is -4.77. The number of amides is 1. The Balaban J connectivity index is 1.83. The zero-order valence-corrected chi connectivity index (χ0v) is 15.8. The van der Waals surface area contributed by atoms with Gasteiger partial charge in [-0.15, -0.1) is 0 Å². The first-order chi connectivity index (χ1) is 14.3. The largest absolute Gasteiger partial charge is 0.461 e. The Morgan fingerprint density at radius 1 is 1.17 bits per heavy atom. The van der Waals surface area contributed by atoms with E-state index in [9.17, 15) is 18.0 Å². The molecule has 0 atom stereocenters. The molecule has 3 heterocycles. The number of carbonyl (C=O) groups excluding carboxylic acids is 1. The number of nitrogens with zero attached hydrogens (tertiary/aromatic N) is 6. The molecule has 1 N–H and O–H groups in total. The summed E-state index contributed by atoms with van der Waals surface area (Å²) < 4.78 is 51.3. The minimum Gasteiger partial charge on any atom is -0.461 e. The highest BCUT2D eigenvalue weighted by molar-refractivity contribution is 6.03. The first-order valence-corrected chi connectivity index (χ1v) is 8.46. The molecule has 0 aromatic carbocycles. The third-order valence-corrected chi connectivity index (χ3v) is 3.70. The molecule has 10 nitrogen and oxygen atoms in total. The van der Waals surface area contributed by atoms with E-state index in [4.69, 9.17) is 9.47 Å². The average Bonchev–Trinajstić information content (AvgIpc) is 3.14. The van der Waals surface area contributed by atoms with Crippen LogP contribution in [-0.2, 0) is 18.0 Å². The lowest BCUT2D eigenvalue weighted by Crippen LogP contribution is -2.18. The maximum Gasteiger partial charge on any atom is 0.433 e. The van der Waals surface area contributed by atoms with Gasteiger partial charge in [0.2, 0.25) is 0 Å². The summed E-state index contributed by atoms with van der Waals surface area (Å²) in [6.07, 6.45) is 0.414. The number of hydrogen-bond acceptors (Lipinski definition) is 8. The van der Waals surface area contributed by atoms with Crippen LogP contribution >= 0.6 is 0 Å². The molecule has 0 aliphatic carbocycles. The van der Waals surface area contributed by atoms with Gasteiger partial charge in [0.25, 0.3) is 5.91 Å². The number of alkyl halides is 3. The molecule has 1 amide bonds. The van der Waals surface area contributed by atoms with E-state index in [0.29, 0.717) is 12.7 Å². The van der Waals surface area contributed by atoms with Crippen molar-refractivity contribution in [2.24, 2.45) is 7.05 Å². The molecule has 0 saturated heterocycles. The van der Waals surface area contributed by atoms with Crippen LogP contribution in [0.5, 0.6) is 6.01 Å².